The number of carboxylic acids is 1. The van der Waals surface area contributed by atoms with E-state index in [0.717, 1.165) is 11.3 Å². The second kappa shape index (κ2) is 3.01. The lowest BCUT2D eigenvalue weighted by Gasteiger charge is -2.04. The normalized spacial score (nSPS) is 10.2. The van der Waals surface area contributed by atoms with Crippen LogP contribution < -0.4 is 0 Å². The van der Waals surface area contributed by atoms with Gasteiger partial charge in [-0.3, -0.25) is 0 Å². The lowest BCUT2D eigenvalue weighted by atomic mass is 10.2. The van der Waals surface area contributed by atoms with E-state index in [1.165, 1.54) is 0 Å². The van der Waals surface area contributed by atoms with Gasteiger partial charge in [-0.15, -0.1) is 0 Å². The smallest absolute Gasteiger partial charge is 0.352 e. The average Bonchev–Trinajstić information content (AvgIpc) is 2.24. The van der Waals surface area contributed by atoms with Gasteiger partial charge >= 0.3 is 5.97 Å². The summed E-state index contributed by atoms with van der Waals surface area (Å²) in [6.45, 7) is 6.39. The minimum absolute atomic E-state index is 0.412. The topological polar surface area (TPSA) is 42.2 Å². The number of aromatic carboxylic acids is 1. The van der Waals surface area contributed by atoms with Gasteiger partial charge in [0.05, 0.1) is 0 Å². The summed E-state index contributed by atoms with van der Waals surface area (Å²) in [5.41, 5.74) is 2.25. The molecule has 0 aliphatic carbocycles. The summed E-state index contributed by atoms with van der Waals surface area (Å²) in [4.78, 5) is 10.8. The number of hydrogen-bond donors (Lipinski definition) is 1. The van der Waals surface area contributed by atoms with Crippen molar-refractivity contribution < 1.29 is 9.90 Å². The third kappa shape index (κ3) is 1.22. The molecule has 0 saturated heterocycles. The monoisotopic (exact) mass is 167 g/mol. The van der Waals surface area contributed by atoms with Gasteiger partial charge in [0, 0.05) is 12.2 Å². The summed E-state index contributed by atoms with van der Waals surface area (Å²) in [6.07, 6.45) is 0. The molecular weight excluding hydrogens is 154 g/mol. The summed E-state index contributed by atoms with van der Waals surface area (Å²) in [6, 6.07) is 1.90. The second-order valence-corrected chi connectivity index (χ2v) is 2.87. The van der Waals surface area contributed by atoms with Crippen LogP contribution in [0.2, 0.25) is 0 Å². The average molecular weight is 167 g/mol. The van der Waals surface area contributed by atoms with E-state index in [0.29, 0.717) is 12.2 Å². The van der Waals surface area contributed by atoms with Crippen molar-refractivity contribution in [1.82, 2.24) is 4.57 Å². The number of nitrogens with zero attached hydrogens (tertiary/aromatic N) is 1. The third-order valence-electron chi connectivity index (χ3n) is 2.01. The van der Waals surface area contributed by atoms with E-state index in [9.17, 15) is 4.79 Å². The van der Waals surface area contributed by atoms with Gasteiger partial charge in [-0.1, -0.05) is 0 Å². The Hall–Kier alpha value is -1.25. The molecule has 0 aliphatic heterocycles. The zero-order chi connectivity index (χ0) is 9.30. The SMILES string of the molecule is CCn1c(C)cc(C)c1C(=O)O. The van der Waals surface area contributed by atoms with Gasteiger partial charge in [-0.25, -0.2) is 4.79 Å². The number of carboxylic acid groups (broad SMARTS) is 1. The first-order valence-electron chi connectivity index (χ1n) is 3.98. The second-order valence-electron chi connectivity index (χ2n) is 2.87. The highest BCUT2D eigenvalue weighted by molar-refractivity contribution is 5.87. The van der Waals surface area contributed by atoms with E-state index in [-0.39, 0.29) is 0 Å². The first kappa shape index (κ1) is 8.84. The summed E-state index contributed by atoms with van der Waals surface area (Å²) >= 11 is 0. The molecule has 0 aliphatic rings. The van der Waals surface area contributed by atoms with Crippen LogP contribution in [0, 0.1) is 13.8 Å². The van der Waals surface area contributed by atoms with Crippen molar-refractivity contribution in [1.29, 1.82) is 0 Å². The maximum absolute atomic E-state index is 10.8. The fourth-order valence-corrected chi connectivity index (χ4v) is 1.54. The van der Waals surface area contributed by atoms with Gasteiger partial charge in [0.15, 0.2) is 0 Å². The number of carbonyl (C=O) groups is 1. The lowest BCUT2D eigenvalue weighted by molar-refractivity contribution is 0.0684. The van der Waals surface area contributed by atoms with Gasteiger partial charge in [0.25, 0.3) is 0 Å². The molecule has 0 spiro atoms. The zero-order valence-electron chi connectivity index (χ0n) is 7.59. The molecule has 66 valence electrons. The first-order valence-corrected chi connectivity index (χ1v) is 3.98. The number of hydrogen-bond acceptors (Lipinski definition) is 1. The highest BCUT2D eigenvalue weighted by Crippen LogP contribution is 2.14. The van der Waals surface area contributed by atoms with Gasteiger partial charge in [-0.05, 0) is 32.4 Å². The third-order valence-corrected chi connectivity index (χ3v) is 2.01. The molecule has 3 nitrogen and oxygen atoms in total. The lowest BCUT2D eigenvalue weighted by Crippen LogP contribution is -2.09. The van der Waals surface area contributed by atoms with Crippen LogP contribution in [0.3, 0.4) is 0 Å². The van der Waals surface area contributed by atoms with E-state index >= 15 is 0 Å². The molecule has 0 bridgehead atoms. The highest BCUT2D eigenvalue weighted by Gasteiger charge is 2.14. The maximum atomic E-state index is 10.8. The van der Waals surface area contributed by atoms with Crippen molar-refractivity contribution in [3.05, 3.63) is 23.0 Å². The Bertz CT molecular complexity index is 313. The van der Waals surface area contributed by atoms with E-state index in [1.54, 1.807) is 4.57 Å². The predicted octanol–water partition coefficient (Wildman–Crippen LogP) is 1.82. The standard InChI is InChI=1S/C9H13NO2/c1-4-10-7(3)5-6(2)8(10)9(11)12/h5H,4H2,1-3H3,(H,11,12). The highest BCUT2D eigenvalue weighted by atomic mass is 16.4. The fourth-order valence-electron chi connectivity index (χ4n) is 1.54. The van der Waals surface area contributed by atoms with Crippen LogP contribution in [0.4, 0.5) is 0 Å². The Kier molecular flexibility index (Phi) is 2.22. The van der Waals surface area contributed by atoms with Crippen molar-refractivity contribution in [2.24, 2.45) is 0 Å². The van der Waals surface area contributed by atoms with Crippen molar-refractivity contribution in [2.45, 2.75) is 27.3 Å². The van der Waals surface area contributed by atoms with Crippen LogP contribution in [0.1, 0.15) is 28.7 Å². The van der Waals surface area contributed by atoms with Crippen molar-refractivity contribution >= 4 is 5.97 Å². The molecule has 0 aromatic carbocycles. The van der Waals surface area contributed by atoms with E-state index in [1.807, 2.05) is 26.8 Å². The van der Waals surface area contributed by atoms with Gasteiger partial charge < -0.3 is 9.67 Å². The predicted molar refractivity (Wildman–Crippen MR) is 46.5 cm³/mol. The Morgan fingerprint density at radius 1 is 1.58 bits per heavy atom. The maximum Gasteiger partial charge on any atom is 0.352 e. The van der Waals surface area contributed by atoms with Gasteiger partial charge in [-0.2, -0.15) is 0 Å². The van der Waals surface area contributed by atoms with E-state index in [4.69, 9.17) is 5.11 Å². The minimum Gasteiger partial charge on any atom is -0.477 e. The van der Waals surface area contributed by atoms with Gasteiger partial charge in [0.1, 0.15) is 5.69 Å². The van der Waals surface area contributed by atoms with Crippen molar-refractivity contribution in [3.8, 4) is 0 Å². The van der Waals surface area contributed by atoms with Crippen LogP contribution in [-0.2, 0) is 6.54 Å². The summed E-state index contributed by atoms with van der Waals surface area (Å²) < 4.78 is 1.80. The Morgan fingerprint density at radius 3 is 2.50 bits per heavy atom. The minimum atomic E-state index is -0.845. The molecule has 0 unspecified atom stereocenters. The molecule has 0 fully saturated rings. The molecular formula is C9H13NO2. The number of rotatable bonds is 2. The first-order chi connectivity index (χ1) is 5.57. The summed E-state index contributed by atoms with van der Waals surface area (Å²) in [7, 11) is 0. The Balaban J connectivity index is 3.32. The Labute approximate surface area is 71.6 Å². The Morgan fingerprint density at radius 2 is 2.17 bits per heavy atom. The number of aromatic nitrogens is 1. The molecule has 0 amide bonds. The number of aryl methyl sites for hydroxylation is 2. The summed E-state index contributed by atoms with van der Waals surface area (Å²) in [5, 5.41) is 8.87. The molecule has 1 N–H and O–H groups in total. The molecule has 12 heavy (non-hydrogen) atoms. The van der Waals surface area contributed by atoms with Crippen LogP contribution in [0.15, 0.2) is 6.07 Å². The molecule has 1 aromatic rings. The molecule has 1 aromatic heterocycles. The van der Waals surface area contributed by atoms with E-state index in [2.05, 4.69) is 0 Å². The quantitative estimate of drug-likeness (QED) is 0.730. The molecule has 0 saturated carbocycles. The van der Waals surface area contributed by atoms with Gasteiger partial charge in [0.2, 0.25) is 0 Å². The fraction of sp³-hybridized carbons (Fsp3) is 0.444. The molecule has 3 heteroatoms. The van der Waals surface area contributed by atoms with Crippen LogP contribution in [0.25, 0.3) is 0 Å². The zero-order valence-corrected chi connectivity index (χ0v) is 7.59. The molecule has 0 radical (unpaired) electrons. The summed E-state index contributed by atoms with van der Waals surface area (Å²) in [5.74, 6) is -0.845. The van der Waals surface area contributed by atoms with Crippen molar-refractivity contribution in [3.63, 3.8) is 0 Å². The van der Waals surface area contributed by atoms with Crippen LogP contribution in [-0.4, -0.2) is 15.6 Å². The molecule has 1 heterocycles. The van der Waals surface area contributed by atoms with E-state index < -0.39 is 5.97 Å². The van der Waals surface area contributed by atoms with Crippen LogP contribution >= 0.6 is 0 Å². The van der Waals surface area contributed by atoms with Crippen LogP contribution in [0.5, 0.6) is 0 Å². The molecule has 1 rings (SSSR count). The largest absolute Gasteiger partial charge is 0.477 e. The molecule has 0 atom stereocenters. The van der Waals surface area contributed by atoms with Crippen molar-refractivity contribution in [2.75, 3.05) is 0 Å².